The number of benzene rings is 13. The Morgan fingerprint density at radius 2 is 0.738 bits per heavy atom. The summed E-state index contributed by atoms with van der Waals surface area (Å²) in [6.07, 6.45) is 0. The summed E-state index contributed by atoms with van der Waals surface area (Å²) >= 11 is 0. The van der Waals surface area contributed by atoms with E-state index in [1.165, 1.54) is 93.8 Å². The van der Waals surface area contributed by atoms with E-state index in [4.69, 9.17) is 0 Å². The monoisotopic (exact) mass is 1020 g/mol. The van der Waals surface area contributed by atoms with Crippen molar-refractivity contribution in [2.24, 2.45) is 0 Å². The van der Waals surface area contributed by atoms with E-state index >= 15 is 0 Å². The van der Waals surface area contributed by atoms with Crippen LogP contribution in [0, 0.1) is 0 Å². The third-order valence-corrected chi connectivity index (χ3v) is 17.5. The molecule has 13 aromatic carbocycles. The number of fused-ring (bicyclic) bond motifs is 10. The Labute approximate surface area is 466 Å². The number of hydrogen-bond acceptors (Lipinski definition) is 1. The maximum Gasteiger partial charge on any atom is 0.0714 e. The van der Waals surface area contributed by atoms with E-state index < -0.39 is 10.8 Å². The average Bonchev–Trinajstić information content (AvgIpc) is 4.26. The van der Waals surface area contributed by atoms with E-state index in [9.17, 15) is 0 Å². The van der Waals surface area contributed by atoms with Crippen molar-refractivity contribution >= 4 is 49.6 Å². The molecule has 0 saturated heterocycles. The maximum atomic E-state index is 2.52. The van der Waals surface area contributed by atoms with E-state index in [1.807, 2.05) is 0 Å². The van der Waals surface area contributed by atoms with Gasteiger partial charge in [0.2, 0.25) is 0 Å². The molecular formula is C78H52N2. The lowest BCUT2D eigenvalue weighted by atomic mass is 9.67. The molecule has 0 saturated carbocycles. The van der Waals surface area contributed by atoms with E-state index in [1.54, 1.807) is 0 Å². The quantitative estimate of drug-likeness (QED) is 0.140. The summed E-state index contributed by atoms with van der Waals surface area (Å²) in [5.74, 6) is 0. The molecule has 2 nitrogen and oxygen atoms in total. The van der Waals surface area contributed by atoms with Crippen LogP contribution in [0.3, 0.4) is 0 Å². The van der Waals surface area contributed by atoms with Crippen molar-refractivity contribution in [3.8, 4) is 39.1 Å². The molecule has 16 rings (SSSR count). The van der Waals surface area contributed by atoms with E-state index in [0.717, 1.165) is 39.4 Å². The average molecular weight is 1020 g/mol. The molecule has 2 aliphatic rings. The number of para-hydroxylation sites is 2. The molecule has 0 bridgehead atoms. The number of rotatable bonds is 9. The summed E-state index contributed by atoms with van der Waals surface area (Å²) in [5, 5.41) is 4.82. The first kappa shape index (κ1) is 45.9. The molecule has 2 heteroatoms. The van der Waals surface area contributed by atoms with Gasteiger partial charge < -0.3 is 9.47 Å². The topological polar surface area (TPSA) is 8.17 Å². The van der Waals surface area contributed by atoms with Crippen LogP contribution < -0.4 is 4.90 Å². The van der Waals surface area contributed by atoms with Gasteiger partial charge in [-0.05, 0) is 126 Å². The highest BCUT2D eigenvalue weighted by molar-refractivity contribution is 6.11. The standard InChI is InChI=1S/C78H52N2/c1-5-26-55(27-6-1)77(56-28-7-2-8-29-56)70-40-20-16-37-64(70)68-51-59(46-49-71(68)77)80-75-42-22-18-38-66(75)67-47-44-54(50-76(67)80)62-35-17-21-41-73(62)79(74-43-23-25-53-24-13-14-34-61(53)74)60-45-48-65-63-36-15-19-39-69(63)78(72(65)52-60,57-30-9-3-10-31-57)58-32-11-4-12-33-58/h1-52H. The Hall–Kier alpha value is -10.3. The smallest absolute Gasteiger partial charge is 0.0714 e. The molecule has 2 aliphatic carbocycles. The normalized spacial score (nSPS) is 13.4. The lowest BCUT2D eigenvalue weighted by molar-refractivity contribution is 0.768. The third kappa shape index (κ3) is 6.60. The number of hydrogen-bond donors (Lipinski definition) is 0. The first-order chi connectivity index (χ1) is 39.7. The SMILES string of the molecule is c1ccc(C2(c3ccccc3)c3ccccc3-c3cc(-n4c5ccccc5c5ccc(-c6ccccc6N(c6ccc7c(c6)C(c6ccccc6)(c6ccccc6)c6ccccc6-7)c6cccc7ccccc67)cc54)ccc32)cc1. The predicted molar refractivity (Wildman–Crippen MR) is 333 cm³/mol. The minimum absolute atomic E-state index is 0.478. The van der Waals surface area contributed by atoms with Crippen molar-refractivity contribution in [2.45, 2.75) is 10.8 Å². The van der Waals surface area contributed by atoms with E-state index in [-0.39, 0.29) is 0 Å². The van der Waals surface area contributed by atoms with Crippen molar-refractivity contribution in [1.82, 2.24) is 4.57 Å². The number of anilines is 3. The molecule has 0 amide bonds. The molecule has 14 aromatic rings. The Kier molecular flexibility index (Phi) is 10.4. The maximum absolute atomic E-state index is 2.52. The first-order valence-electron chi connectivity index (χ1n) is 27.8. The lowest BCUT2D eigenvalue weighted by Crippen LogP contribution is -2.28. The van der Waals surface area contributed by atoms with Crippen molar-refractivity contribution in [2.75, 3.05) is 4.90 Å². The summed E-state index contributed by atoms with van der Waals surface area (Å²) < 4.78 is 2.50. The molecule has 1 aromatic heterocycles. The Morgan fingerprint density at radius 1 is 0.263 bits per heavy atom. The summed E-state index contributed by atoms with van der Waals surface area (Å²) in [6, 6.07) is 117. The fourth-order valence-electron chi connectivity index (χ4n) is 14.3. The van der Waals surface area contributed by atoms with Gasteiger partial charge in [0.25, 0.3) is 0 Å². The summed E-state index contributed by atoms with van der Waals surface area (Å²) in [5.41, 5.74) is 23.2. The number of nitrogens with zero attached hydrogens (tertiary/aromatic N) is 2. The molecule has 0 radical (unpaired) electrons. The zero-order chi connectivity index (χ0) is 52.8. The van der Waals surface area contributed by atoms with Gasteiger partial charge in [-0.1, -0.05) is 267 Å². The van der Waals surface area contributed by atoms with Crippen LogP contribution in [-0.4, -0.2) is 4.57 Å². The van der Waals surface area contributed by atoms with Gasteiger partial charge in [0.1, 0.15) is 0 Å². The first-order valence-corrected chi connectivity index (χ1v) is 27.8. The van der Waals surface area contributed by atoms with Crippen molar-refractivity contribution in [3.05, 3.63) is 360 Å². The van der Waals surface area contributed by atoms with Crippen LogP contribution in [0.4, 0.5) is 17.1 Å². The largest absolute Gasteiger partial charge is 0.309 e. The van der Waals surface area contributed by atoms with Crippen molar-refractivity contribution < 1.29 is 0 Å². The summed E-state index contributed by atoms with van der Waals surface area (Å²) in [4.78, 5) is 2.52. The van der Waals surface area contributed by atoms with Gasteiger partial charge in [0, 0.05) is 33.1 Å². The van der Waals surface area contributed by atoms with Crippen LogP contribution in [0.5, 0.6) is 0 Å². The molecule has 80 heavy (non-hydrogen) atoms. The molecule has 374 valence electrons. The van der Waals surface area contributed by atoms with Gasteiger partial charge in [-0.3, -0.25) is 0 Å². The van der Waals surface area contributed by atoms with Gasteiger partial charge in [-0.2, -0.15) is 0 Å². The summed E-state index contributed by atoms with van der Waals surface area (Å²) in [6.45, 7) is 0. The molecule has 0 atom stereocenters. The highest BCUT2D eigenvalue weighted by Crippen LogP contribution is 2.59. The van der Waals surface area contributed by atoms with E-state index in [0.29, 0.717) is 0 Å². The Balaban J connectivity index is 0.915. The second-order valence-corrected chi connectivity index (χ2v) is 21.5. The van der Waals surface area contributed by atoms with Crippen LogP contribution in [-0.2, 0) is 10.8 Å². The zero-order valence-electron chi connectivity index (χ0n) is 43.9. The molecule has 0 aliphatic heterocycles. The zero-order valence-corrected chi connectivity index (χ0v) is 43.9. The van der Waals surface area contributed by atoms with Gasteiger partial charge in [0.15, 0.2) is 0 Å². The molecule has 0 fully saturated rings. The molecule has 0 spiro atoms. The van der Waals surface area contributed by atoms with Crippen LogP contribution in [0.1, 0.15) is 44.5 Å². The van der Waals surface area contributed by atoms with Crippen molar-refractivity contribution in [1.29, 1.82) is 0 Å². The van der Waals surface area contributed by atoms with Crippen LogP contribution in [0.2, 0.25) is 0 Å². The van der Waals surface area contributed by atoms with Crippen molar-refractivity contribution in [3.63, 3.8) is 0 Å². The Bertz CT molecular complexity index is 4620. The van der Waals surface area contributed by atoms with Gasteiger partial charge >= 0.3 is 0 Å². The second-order valence-electron chi connectivity index (χ2n) is 21.5. The van der Waals surface area contributed by atoms with Gasteiger partial charge in [-0.25, -0.2) is 0 Å². The van der Waals surface area contributed by atoms with Crippen LogP contribution in [0.15, 0.2) is 315 Å². The minimum atomic E-state index is -0.558. The molecule has 0 N–H and O–H groups in total. The second kappa shape index (κ2) is 18.2. The fourth-order valence-corrected chi connectivity index (χ4v) is 14.3. The highest BCUT2D eigenvalue weighted by Gasteiger charge is 2.48. The molecular weight excluding hydrogens is 965 g/mol. The van der Waals surface area contributed by atoms with E-state index in [2.05, 4.69) is 325 Å². The van der Waals surface area contributed by atoms with Gasteiger partial charge in [0.05, 0.1) is 33.2 Å². The predicted octanol–water partition coefficient (Wildman–Crippen LogP) is 19.8. The molecule has 1 heterocycles. The third-order valence-electron chi connectivity index (χ3n) is 17.5. The lowest BCUT2D eigenvalue weighted by Gasteiger charge is -2.35. The highest BCUT2D eigenvalue weighted by atomic mass is 15.1. The van der Waals surface area contributed by atoms with Crippen LogP contribution in [0.25, 0.3) is 71.6 Å². The number of aromatic nitrogens is 1. The summed E-state index contributed by atoms with van der Waals surface area (Å²) in [7, 11) is 0. The molecule has 0 unspecified atom stereocenters. The minimum Gasteiger partial charge on any atom is -0.309 e. The fraction of sp³-hybridized carbons (Fsp3) is 0.0256. The Morgan fingerprint density at radius 3 is 1.40 bits per heavy atom. The van der Waals surface area contributed by atoms with Crippen LogP contribution >= 0.6 is 0 Å². The van der Waals surface area contributed by atoms with Gasteiger partial charge in [-0.15, -0.1) is 0 Å².